The summed E-state index contributed by atoms with van der Waals surface area (Å²) in [6, 6.07) is 18.1. The lowest BCUT2D eigenvalue weighted by molar-refractivity contribution is -0.383. The Morgan fingerprint density at radius 1 is 1.15 bits per heavy atom. The minimum Gasteiger partial charge on any atom is -0.320 e. The molecule has 0 atom stereocenters. The van der Waals surface area contributed by atoms with Crippen LogP contribution in [-0.4, -0.2) is 26.1 Å². The van der Waals surface area contributed by atoms with E-state index in [0.29, 0.717) is 26.8 Å². The molecule has 1 N–H and O–H groups in total. The molecule has 4 rings (SSSR count). The molecule has 0 saturated heterocycles. The molecule has 3 aromatic carbocycles. The number of halogens is 1. The highest BCUT2D eigenvalue weighted by atomic mass is 35.5. The monoisotopic (exact) mass is 480 g/mol. The van der Waals surface area contributed by atoms with E-state index < -0.39 is 10.8 Å². The van der Waals surface area contributed by atoms with E-state index in [1.54, 1.807) is 36.4 Å². The van der Waals surface area contributed by atoms with Crippen LogP contribution in [0.5, 0.6) is 0 Å². The number of nitrogens with one attached hydrogen (secondary N) is 1. The van der Waals surface area contributed by atoms with Gasteiger partial charge in [0.1, 0.15) is 5.69 Å². The van der Waals surface area contributed by atoms with Crippen molar-refractivity contribution in [2.45, 2.75) is 12.1 Å². The number of aryl methyl sites for hydroxylation is 1. The minimum absolute atomic E-state index is 0.0993. The molecule has 0 fully saturated rings. The summed E-state index contributed by atoms with van der Waals surface area (Å²) in [5.74, 6) is -0.582. The molecule has 0 saturated carbocycles. The van der Waals surface area contributed by atoms with Crippen molar-refractivity contribution >= 4 is 51.5 Å². The van der Waals surface area contributed by atoms with E-state index in [1.165, 1.54) is 22.8 Å². The van der Waals surface area contributed by atoms with Crippen LogP contribution in [-0.2, 0) is 4.79 Å². The number of para-hydroxylation sites is 2. The molecule has 0 unspecified atom stereocenters. The number of rotatable bonds is 6. The summed E-state index contributed by atoms with van der Waals surface area (Å²) < 4.78 is 1.44. The fourth-order valence-corrected chi connectivity index (χ4v) is 4.19. The summed E-state index contributed by atoms with van der Waals surface area (Å²) >= 11 is 7.13. The molecule has 1 heterocycles. The average molecular weight is 481 g/mol. The summed E-state index contributed by atoms with van der Waals surface area (Å²) in [5, 5.41) is 14.9. The number of benzene rings is 3. The van der Waals surface area contributed by atoms with Gasteiger partial charge in [0.05, 0.1) is 27.3 Å². The van der Waals surface area contributed by atoms with Gasteiger partial charge in [-0.15, -0.1) is 0 Å². The number of carbonyl (C=O) groups excluding carboxylic acids is 1. The lowest BCUT2D eigenvalue weighted by atomic mass is 10.2. The molecule has 1 aromatic heterocycles. The molecule has 0 bridgehead atoms. The lowest BCUT2D eigenvalue weighted by Crippen LogP contribution is -2.23. The number of carbonyl (C=O) groups is 1. The zero-order chi connectivity index (χ0) is 23.5. The van der Waals surface area contributed by atoms with Crippen molar-refractivity contribution in [3.05, 3.63) is 97.8 Å². The third kappa shape index (κ3) is 4.89. The Hall–Kier alpha value is -3.69. The minimum atomic E-state index is -0.563. The number of fused-ring (bicyclic) bond motifs is 1. The zero-order valence-corrected chi connectivity index (χ0v) is 18.9. The number of aromatic nitrogens is 2. The maximum atomic E-state index is 13.3. The van der Waals surface area contributed by atoms with Crippen molar-refractivity contribution < 1.29 is 9.72 Å². The van der Waals surface area contributed by atoms with Crippen LogP contribution in [0.4, 0.5) is 11.4 Å². The molecule has 10 heteroatoms. The SMILES string of the molecule is Cc1ccc(-n2c(SCC(=O)Nc3ccccc3[N+](=O)[O-])nc3cc(Cl)ccc3c2=O)cc1. The van der Waals surface area contributed by atoms with Crippen LogP contribution in [0.25, 0.3) is 16.6 Å². The Kier molecular flexibility index (Phi) is 6.43. The van der Waals surface area contributed by atoms with Gasteiger partial charge in [-0.1, -0.05) is 53.2 Å². The molecule has 0 aliphatic heterocycles. The van der Waals surface area contributed by atoms with Crippen LogP contribution in [0, 0.1) is 17.0 Å². The number of nitrogens with zero attached hydrogens (tertiary/aromatic N) is 3. The quantitative estimate of drug-likeness (QED) is 0.180. The van der Waals surface area contributed by atoms with Gasteiger partial charge < -0.3 is 5.32 Å². The molecule has 33 heavy (non-hydrogen) atoms. The highest BCUT2D eigenvalue weighted by Crippen LogP contribution is 2.26. The van der Waals surface area contributed by atoms with Gasteiger partial charge in [0.15, 0.2) is 5.16 Å². The summed E-state index contributed by atoms with van der Waals surface area (Å²) in [4.78, 5) is 41.1. The van der Waals surface area contributed by atoms with Crippen molar-refractivity contribution in [2.24, 2.45) is 0 Å². The predicted octanol–water partition coefficient (Wildman–Crippen LogP) is 4.99. The van der Waals surface area contributed by atoms with E-state index in [4.69, 9.17) is 11.6 Å². The Morgan fingerprint density at radius 2 is 1.88 bits per heavy atom. The molecule has 4 aromatic rings. The summed E-state index contributed by atoms with van der Waals surface area (Å²) in [6.07, 6.45) is 0. The fraction of sp³-hybridized carbons (Fsp3) is 0.0870. The number of hydrogen-bond donors (Lipinski definition) is 1. The van der Waals surface area contributed by atoms with Crippen LogP contribution in [0.15, 0.2) is 76.7 Å². The topological polar surface area (TPSA) is 107 Å². The van der Waals surface area contributed by atoms with Crippen LogP contribution in [0.2, 0.25) is 5.02 Å². The average Bonchev–Trinajstić information content (AvgIpc) is 2.78. The summed E-state index contributed by atoms with van der Waals surface area (Å²) in [5.41, 5.74) is 1.66. The third-order valence-electron chi connectivity index (χ3n) is 4.80. The highest BCUT2D eigenvalue weighted by Gasteiger charge is 2.18. The fourth-order valence-electron chi connectivity index (χ4n) is 3.21. The first-order valence-corrected chi connectivity index (χ1v) is 11.2. The van der Waals surface area contributed by atoms with Crippen molar-refractivity contribution in [3.63, 3.8) is 0 Å². The number of hydrogen-bond acceptors (Lipinski definition) is 6. The van der Waals surface area contributed by atoms with E-state index in [-0.39, 0.29) is 22.7 Å². The standard InChI is InChI=1S/C23H17ClN4O4S/c1-14-6-9-16(10-7-14)27-22(30)17-11-8-15(24)12-19(17)26-23(27)33-13-21(29)25-18-4-2-3-5-20(18)28(31)32/h2-12H,13H2,1H3,(H,25,29). The zero-order valence-electron chi connectivity index (χ0n) is 17.3. The molecule has 166 valence electrons. The smallest absolute Gasteiger partial charge is 0.292 e. The van der Waals surface area contributed by atoms with Crippen molar-refractivity contribution in [1.82, 2.24) is 9.55 Å². The number of anilines is 1. The molecular weight excluding hydrogens is 464 g/mol. The van der Waals surface area contributed by atoms with Crippen LogP contribution < -0.4 is 10.9 Å². The van der Waals surface area contributed by atoms with Crippen molar-refractivity contribution in [2.75, 3.05) is 11.1 Å². The normalized spacial score (nSPS) is 10.8. The second-order valence-corrected chi connectivity index (χ2v) is 8.52. The van der Waals surface area contributed by atoms with Gasteiger partial charge in [-0.05, 0) is 43.3 Å². The van der Waals surface area contributed by atoms with Gasteiger partial charge in [-0.25, -0.2) is 4.98 Å². The first kappa shape index (κ1) is 22.5. The molecular formula is C23H17ClN4O4S. The number of amides is 1. The van der Waals surface area contributed by atoms with Crippen molar-refractivity contribution in [3.8, 4) is 5.69 Å². The van der Waals surface area contributed by atoms with Gasteiger partial charge in [0.2, 0.25) is 5.91 Å². The first-order chi connectivity index (χ1) is 15.8. The van der Waals surface area contributed by atoms with Crippen molar-refractivity contribution in [1.29, 1.82) is 0 Å². The largest absolute Gasteiger partial charge is 0.320 e. The Labute approximate surface area is 197 Å². The maximum Gasteiger partial charge on any atom is 0.292 e. The third-order valence-corrected chi connectivity index (χ3v) is 5.97. The molecule has 1 amide bonds. The van der Waals surface area contributed by atoms with Gasteiger partial charge >= 0.3 is 0 Å². The summed E-state index contributed by atoms with van der Waals surface area (Å²) in [6.45, 7) is 1.94. The van der Waals surface area contributed by atoms with Crippen LogP contribution >= 0.6 is 23.4 Å². The van der Waals surface area contributed by atoms with Gasteiger partial charge in [-0.2, -0.15) is 0 Å². The molecule has 0 aliphatic rings. The Bertz CT molecular complexity index is 1440. The predicted molar refractivity (Wildman–Crippen MR) is 130 cm³/mol. The highest BCUT2D eigenvalue weighted by molar-refractivity contribution is 7.99. The number of thioether (sulfide) groups is 1. The van der Waals surface area contributed by atoms with E-state index in [2.05, 4.69) is 10.3 Å². The second kappa shape index (κ2) is 9.43. The molecule has 8 nitrogen and oxygen atoms in total. The Morgan fingerprint density at radius 3 is 2.61 bits per heavy atom. The Balaban J connectivity index is 1.68. The van der Waals surface area contributed by atoms with E-state index in [1.807, 2.05) is 19.1 Å². The second-order valence-electron chi connectivity index (χ2n) is 7.14. The van der Waals surface area contributed by atoms with Crippen LogP contribution in [0.1, 0.15) is 5.56 Å². The number of nitro groups is 1. The molecule has 0 spiro atoms. The van der Waals surface area contributed by atoms with Gasteiger partial charge in [-0.3, -0.25) is 24.3 Å². The van der Waals surface area contributed by atoms with Crippen LogP contribution in [0.3, 0.4) is 0 Å². The molecule has 0 radical (unpaired) electrons. The summed E-state index contributed by atoms with van der Waals surface area (Å²) in [7, 11) is 0. The van der Waals surface area contributed by atoms with E-state index in [0.717, 1.165) is 17.3 Å². The lowest BCUT2D eigenvalue weighted by Gasteiger charge is -2.13. The maximum absolute atomic E-state index is 13.3. The van der Waals surface area contributed by atoms with E-state index >= 15 is 0 Å². The van der Waals surface area contributed by atoms with E-state index in [9.17, 15) is 19.7 Å². The van der Waals surface area contributed by atoms with Gasteiger partial charge in [0.25, 0.3) is 11.2 Å². The number of nitro benzene ring substituents is 1. The van der Waals surface area contributed by atoms with Gasteiger partial charge in [0, 0.05) is 11.1 Å². The first-order valence-electron chi connectivity index (χ1n) is 9.79. The molecule has 0 aliphatic carbocycles.